The van der Waals surface area contributed by atoms with Gasteiger partial charge in [0, 0.05) is 19.2 Å². The Morgan fingerprint density at radius 1 is 1.12 bits per heavy atom. The van der Waals surface area contributed by atoms with Crippen molar-refractivity contribution in [3.8, 4) is 5.75 Å². The van der Waals surface area contributed by atoms with Gasteiger partial charge in [-0.3, -0.25) is 24.6 Å². The molecule has 0 saturated carbocycles. The lowest BCUT2D eigenvalue weighted by atomic mass is 9.97. The zero-order chi connectivity index (χ0) is 23.5. The highest BCUT2D eigenvalue weighted by atomic mass is 19.1. The number of carbonyl (C=O) groups excluding carboxylic acids is 2. The van der Waals surface area contributed by atoms with Crippen molar-refractivity contribution in [2.45, 2.75) is 6.04 Å². The molecular formula is C24H20FN3O5. The maximum absolute atomic E-state index is 13.5. The van der Waals surface area contributed by atoms with Crippen LogP contribution in [-0.4, -0.2) is 41.8 Å². The molecule has 3 aromatic rings. The molecule has 0 fully saturated rings. The van der Waals surface area contributed by atoms with Crippen molar-refractivity contribution in [1.82, 2.24) is 4.90 Å². The van der Waals surface area contributed by atoms with Crippen molar-refractivity contribution in [2.24, 2.45) is 0 Å². The number of nitro groups is 1. The lowest BCUT2D eigenvalue weighted by molar-refractivity contribution is -0.384. The summed E-state index contributed by atoms with van der Waals surface area (Å²) in [4.78, 5) is 39.2. The van der Waals surface area contributed by atoms with Crippen LogP contribution in [0.5, 0.6) is 5.75 Å². The summed E-state index contributed by atoms with van der Waals surface area (Å²) >= 11 is 0. The summed E-state index contributed by atoms with van der Waals surface area (Å²) < 4.78 is 18.9. The second-order valence-electron chi connectivity index (χ2n) is 7.55. The third kappa shape index (κ3) is 4.52. The third-order valence-electron chi connectivity index (χ3n) is 5.47. The van der Waals surface area contributed by atoms with Crippen molar-refractivity contribution in [3.63, 3.8) is 0 Å². The van der Waals surface area contributed by atoms with Crippen LogP contribution in [0, 0.1) is 15.9 Å². The number of benzene rings is 3. The Balaban J connectivity index is 1.65. The van der Waals surface area contributed by atoms with Crippen molar-refractivity contribution >= 4 is 23.2 Å². The number of non-ortho nitro benzene ring substituents is 1. The Morgan fingerprint density at radius 3 is 2.45 bits per heavy atom. The van der Waals surface area contributed by atoms with E-state index < -0.39 is 28.6 Å². The third-order valence-corrected chi connectivity index (χ3v) is 5.47. The van der Waals surface area contributed by atoms with Gasteiger partial charge in [0.1, 0.15) is 18.1 Å². The van der Waals surface area contributed by atoms with Crippen LogP contribution in [0.4, 0.5) is 15.8 Å². The van der Waals surface area contributed by atoms with Crippen LogP contribution in [0.3, 0.4) is 0 Å². The first-order valence-electron chi connectivity index (χ1n) is 10.1. The molecule has 1 heterocycles. The second-order valence-corrected chi connectivity index (χ2v) is 7.55. The van der Waals surface area contributed by atoms with Gasteiger partial charge in [-0.05, 0) is 29.3 Å². The van der Waals surface area contributed by atoms with Gasteiger partial charge in [-0.1, -0.05) is 42.5 Å². The summed E-state index contributed by atoms with van der Waals surface area (Å²) in [6.07, 6.45) is 0. The van der Waals surface area contributed by atoms with Gasteiger partial charge in [-0.2, -0.15) is 0 Å². The molecule has 1 aliphatic heterocycles. The average molecular weight is 449 g/mol. The molecule has 0 spiro atoms. The van der Waals surface area contributed by atoms with E-state index in [1.165, 1.54) is 40.1 Å². The molecule has 0 aliphatic carbocycles. The number of nitrogens with zero attached hydrogens (tertiary/aromatic N) is 3. The number of hydrogen-bond acceptors (Lipinski definition) is 5. The number of ether oxygens (including phenoxy) is 1. The lowest BCUT2D eigenvalue weighted by Gasteiger charge is -2.33. The van der Waals surface area contributed by atoms with Gasteiger partial charge < -0.3 is 9.64 Å². The van der Waals surface area contributed by atoms with E-state index in [0.717, 1.165) is 5.56 Å². The standard InChI is InChI=1S/C24H20FN3O5/c1-26(24(16-5-3-2-4-6-16)17-7-9-18(25)10-8-17)22(29)14-27-20-13-19(28(31)32)11-12-21(20)33-15-23(27)30/h2-13,24H,14-15H2,1H3. The molecule has 8 nitrogen and oxygen atoms in total. The van der Waals surface area contributed by atoms with Crippen molar-refractivity contribution in [1.29, 1.82) is 0 Å². The van der Waals surface area contributed by atoms with Crippen molar-refractivity contribution in [3.05, 3.63) is 99.9 Å². The number of amides is 2. The highest BCUT2D eigenvalue weighted by molar-refractivity contribution is 6.02. The van der Waals surface area contributed by atoms with E-state index in [4.69, 9.17) is 4.74 Å². The van der Waals surface area contributed by atoms with E-state index in [1.807, 2.05) is 30.3 Å². The van der Waals surface area contributed by atoms with Crippen LogP contribution in [0.25, 0.3) is 0 Å². The zero-order valence-corrected chi connectivity index (χ0v) is 17.7. The summed E-state index contributed by atoms with van der Waals surface area (Å²) in [7, 11) is 1.60. The molecular weight excluding hydrogens is 429 g/mol. The van der Waals surface area contributed by atoms with Gasteiger partial charge in [-0.15, -0.1) is 0 Å². The lowest BCUT2D eigenvalue weighted by Crippen LogP contribution is -2.46. The molecule has 168 valence electrons. The van der Waals surface area contributed by atoms with E-state index in [1.54, 1.807) is 19.2 Å². The normalized spacial score (nSPS) is 13.6. The number of likely N-dealkylation sites (N-methyl/N-ethyl adjacent to an activating group) is 1. The van der Waals surface area contributed by atoms with Crippen LogP contribution in [0.2, 0.25) is 0 Å². The van der Waals surface area contributed by atoms with E-state index >= 15 is 0 Å². The van der Waals surface area contributed by atoms with Gasteiger partial charge in [-0.25, -0.2) is 4.39 Å². The minimum atomic E-state index is -0.578. The molecule has 0 aromatic heterocycles. The first kappa shape index (κ1) is 21.9. The molecule has 9 heteroatoms. The fourth-order valence-corrected chi connectivity index (χ4v) is 3.79. The molecule has 0 radical (unpaired) electrons. The average Bonchev–Trinajstić information content (AvgIpc) is 2.82. The van der Waals surface area contributed by atoms with Gasteiger partial charge in [0.2, 0.25) is 5.91 Å². The summed E-state index contributed by atoms with van der Waals surface area (Å²) in [6.45, 7) is -0.612. The first-order chi connectivity index (χ1) is 15.8. The molecule has 0 saturated heterocycles. The fraction of sp³-hybridized carbons (Fsp3) is 0.167. The largest absolute Gasteiger partial charge is 0.482 e. The Kier molecular flexibility index (Phi) is 6.03. The number of nitro benzene ring substituents is 1. The summed E-state index contributed by atoms with van der Waals surface area (Å²) in [5.74, 6) is -0.992. The predicted molar refractivity (Wildman–Crippen MR) is 118 cm³/mol. The van der Waals surface area contributed by atoms with Crippen molar-refractivity contribution < 1.29 is 23.6 Å². The predicted octanol–water partition coefficient (Wildman–Crippen LogP) is 3.71. The number of carbonyl (C=O) groups is 2. The maximum atomic E-state index is 13.5. The Hall–Kier alpha value is -4.27. The zero-order valence-electron chi connectivity index (χ0n) is 17.7. The number of fused-ring (bicyclic) bond motifs is 1. The van der Waals surface area contributed by atoms with Crippen LogP contribution >= 0.6 is 0 Å². The highest BCUT2D eigenvalue weighted by Crippen LogP contribution is 2.36. The van der Waals surface area contributed by atoms with Crippen LogP contribution in [0.15, 0.2) is 72.8 Å². The second kappa shape index (κ2) is 9.07. The Bertz CT molecular complexity index is 1200. The molecule has 0 N–H and O–H groups in total. The number of hydrogen-bond donors (Lipinski definition) is 0. The van der Waals surface area contributed by atoms with Crippen molar-refractivity contribution in [2.75, 3.05) is 25.1 Å². The SMILES string of the molecule is CN(C(=O)CN1C(=O)COc2ccc([N+](=O)[O-])cc21)C(c1ccccc1)c1ccc(F)cc1. The number of halogens is 1. The Morgan fingerprint density at radius 2 is 1.79 bits per heavy atom. The van der Waals surface area contributed by atoms with E-state index in [9.17, 15) is 24.1 Å². The van der Waals surface area contributed by atoms with Gasteiger partial charge in [0.25, 0.3) is 11.6 Å². The molecule has 4 rings (SSSR count). The molecule has 0 bridgehead atoms. The van der Waals surface area contributed by atoms with Gasteiger partial charge in [0.15, 0.2) is 6.61 Å². The van der Waals surface area contributed by atoms with Crippen LogP contribution in [0.1, 0.15) is 17.2 Å². The molecule has 3 aromatic carbocycles. The van der Waals surface area contributed by atoms with Gasteiger partial charge >= 0.3 is 0 Å². The van der Waals surface area contributed by atoms with E-state index in [0.29, 0.717) is 5.56 Å². The fourth-order valence-electron chi connectivity index (χ4n) is 3.79. The molecule has 1 aliphatic rings. The maximum Gasteiger partial charge on any atom is 0.271 e. The molecule has 33 heavy (non-hydrogen) atoms. The molecule has 1 atom stereocenters. The van der Waals surface area contributed by atoms with E-state index in [2.05, 4.69) is 0 Å². The summed E-state index contributed by atoms with van der Waals surface area (Å²) in [6, 6.07) is 18.5. The van der Waals surface area contributed by atoms with Gasteiger partial charge in [0.05, 0.1) is 16.7 Å². The highest BCUT2D eigenvalue weighted by Gasteiger charge is 2.32. The summed E-state index contributed by atoms with van der Waals surface area (Å²) in [5, 5.41) is 11.2. The monoisotopic (exact) mass is 449 g/mol. The molecule has 2 amide bonds. The van der Waals surface area contributed by atoms with E-state index in [-0.39, 0.29) is 30.3 Å². The number of anilines is 1. The number of rotatable bonds is 6. The quantitative estimate of drug-likeness (QED) is 0.423. The topological polar surface area (TPSA) is 93.0 Å². The first-order valence-corrected chi connectivity index (χ1v) is 10.1. The summed E-state index contributed by atoms with van der Waals surface area (Å²) in [5.41, 5.74) is 1.46. The Labute approximate surface area is 189 Å². The van der Waals surface area contributed by atoms with Crippen LogP contribution < -0.4 is 9.64 Å². The smallest absolute Gasteiger partial charge is 0.271 e. The molecule has 1 unspecified atom stereocenters. The minimum absolute atomic E-state index is 0.167. The minimum Gasteiger partial charge on any atom is -0.482 e. The van der Waals surface area contributed by atoms with Crippen LogP contribution in [-0.2, 0) is 9.59 Å².